The van der Waals surface area contributed by atoms with Gasteiger partial charge in [0, 0.05) is 6.04 Å². The lowest BCUT2D eigenvalue weighted by molar-refractivity contribution is -0.122. The summed E-state index contributed by atoms with van der Waals surface area (Å²) in [6.45, 7) is 0.187. The molecule has 0 aromatic heterocycles. The highest BCUT2D eigenvalue weighted by Gasteiger charge is 2.20. The van der Waals surface area contributed by atoms with E-state index < -0.39 is 5.82 Å². The van der Waals surface area contributed by atoms with Crippen molar-refractivity contribution in [2.75, 3.05) is 6.61 Å². The largest absolute Gasteiger partial charge is 0.491 e. The molecule has 116 valence electrons. The molecule has 1 fully saturated rings. The Morgan fingerprint density at radius 2 is 2.10 bits per heavy atom. The molecule has 1 aromatic carbocycles. The molecule has 0 saturated heterocycles. The predicted molar refractivity (Wildman–Crippen MR) is 77.9 cm³/mol. The van der Waals surface area contributed by atoms with E-state index in [2.05, 4.69) is 5.32 Å². The van der Waals surface area contributed by atoms with E-state index in [1.807, 2.05) is 0 Å². The number of hydrogen-bond acceptors (Lipinski definition) is 3. The molecule has 0 aliphatic heterocycles. The van der Waals surface area contributed by atoms with Crippen molar-refractivity contribution < 1.29 is 19.0 Å². The fraction of sp³-hybridized carbons (Fsp3) is 0.533. The molecule has 4 nitrogen and oxygen atoms in total. The summed E-state index contributed by atoms with van der Waals surface area (Å²) < 4.78 is 18.2. The van der Waals surface area contributed by atoms with E-state index in [0.29, 0.717) is 5.75 Å². The molecule has 0 radical (unpaired) electrons. The third kappa shape index (κ3) is 5.17. The van der Waals surface area contributed by atoms with Crippen LogP contribution in [0, 0.1) is 5.82 Å². The lowest BCUT2D eigenvalue weighted by Crippen LogP contribution is -2.39. The van der Waals surface area contributed by atoms with Gasteiger partial charge in [0.2, 0.25) is 5.91 Å². The molecule has 0 bridgehead atoms. The Morgan fingerprint density at radius 3 is 2.76 bits per heavy atom. The summed E-state index contributed by atoms with van der Waals surface area (Å²) in [5.41, 5.74) is 0. The fourth-order valence-corrected chi connectivity index (χ4v) is 2.59. The van der Waals surface area contributed by atoms with E-state index in [4.69, 9.17) is 16.3 Å². The monoisotopic (exact) mass is 315 g/mol. The second-order valence-electron chi connectivity index (χ2n) is 5.25. The van der Waals surface area contributed by atoms with Crippen molar-refractivity contribution in [3.63, 3.8) is 0 Å². The third-order valence-corrected chi connectivity index (χ3v) is 3.84. The van der Waals surface area contributed by atoms with Gasteiger partial charge in [-0.05, 0) is 43.9 Å². The number of halogens is 2. The number of carbonyl (C=O) groups excluding carboxylic acids is 1. The Balaban J connectivity index is 1.69. The van der Waals surface area contributed by atoms with Crippen LogP contribution in [0.4, 0.5) is 4.39 Å². The van der Waals surface area contributed by atoms with E-state index in [9.17, 15) is 14.3 Å². The molecule has 0 atom stereocenters. The standard InChI is InChI=1S/C15H19ClFNO3/c16-13-9-10(17)1-6-14(13)21-8-7-15(20)18-11-2-4-12(19)5-3-11/h1,6,9,11-12,19H,2-5,7-8H2,(H,18,20). The SMILES string of the molecule is O=C(CCOc1ccc(F)cc1Cl)NC1CCC(O)CC1. The number of amides is 1. The zero-order valence-corrected chi connectivity index (χ0v) is 12.4. The number of aliphatic hydroxyl groups is 1. The van der Waals surface area contributed by atoms with E-state index in [1.54, 1.807) is 0 Å². The van der Waals surface area contributed by atoms with Crippen LogP contribution in [0.3, 0.4) is 0 Å². The molecule has 2 rings (SSSR count). The lowest BCUT2D eigenvalue weighted by Gasteiger charge is -2.26. The van der Waals surface area contributed by atoms with E-state index >= 15 is 0 Å². The number of benzene rings is 1. The molecule has 0 unspecified atom stereocenters. The second kappa shape index (κ2) is 7.61. The average Bonchev–Trinajstić information content (AvgIpc) is 2.44. The molecule has 1 saturated carbocycles. The highest BCUT2D eigenvalue weighted by Crippen LogP contribution is 2.25. The Labute approximate surface area is 128 Å². The first-order valence-corrected chi connectivity index (χ1v) is 7.47. The third-order valence-electron chi connectivity index (χ3n) is 3.54. The number of nitrogens with one attached hydrogen (secondary N) is 1. The van der Waals surface area contributed by atoms with Crippen molar-refractivity contribution in [3.05, 3.63) is 29.0 Å². The predicted octanol–water partition coefficient (Wildman–Crippen LogP) is 2.67. The zero-order chi connectivity index (χ0) is 15.2. The molecule has 6 heteroatoms. The molecule has 2 N–H and O–H groups in total. The highest BCUT2D eigenvalue weighted by atomic mass is 35.5. The summed E-state index contributed by atoms with van der Waals surface area (Å²) in [5.74, 6) is -0.147. The van der Waals surface area contributed by atoms with E-state index in [0.717, 1.165) is 25.7 Å². The molecule has 1 aliphatic carbocycles. The summed E-state index contributed by atoms with van der Waals surface area (Å²) in [4.78, 5) is 11.8. The Bertz CT molecular complexity index is 490. The summed E-state index contributed by atoms with van der Waals surface area (Å²) in [5, 5.41) is 12.5. The van der Waals surface area contributed by atoms with Crippen LogP contribution in [0.2, 0.25) is 5.02 Å². The summed E-state index contributed by atoms with van der Waals surface area (Å²) in [6.07, 6.45) is 3.04. The first kappa shape index (κ1) is 16.0. The van der Waals surface area contributed by atoms with Gasteiger partial charge in [-0.2, -0.15) is 0 Å². The maximum absolute atomic E-state index is 12.9. The van der Waals surface area contributed by atoms with Crippen LogP contribution >= 0.6 is 11.6 Å². The quantitative estimate of drug-likeness (QED) is 0.878. The van der Waals surface area contributed by atoms with Crippen LogP contribution in [0.15, 0.2) is 18.2 Å². The summed E-state index contributed by atoms with van der Waals surface area (Å²) >= 11 is 5.82. The van der Waals surface area contributed by atoms with Crippen molar-refractivity contribution in [2.24, 2.45) is 0 Å². The first-order valence-electron chi connectivity index (χ1n) is 7.10. The topological polar surface area (TPSA) is 58.6 Å². The van der Waals surface area contributed by atoms with Crippen LogP contribution in [0.5, 0.6) is 5.75 Å². The van der Waals surface area contributed by atoms with Crippen molar-refractivity contribution in [3.8, 4) is 5.75 Å². The van der Waals surface area contributed by atoms with Crippen molar-refractivity contribution >= 4 is 17.5 Å². The van der Waals surface area contributed by atoms with Crippen LogP contribution < -0.4 is 10.1 Å². The smallest absolute Gasteiger partial charge is 0.223 e. The van der Waals surface area contributed by atoms with Gasteiger partial charge >= 0.3 is 0 Å². The number of carbonyl (C=O) groups is 1. The number of ether oxygens (including phenoxy) is 1. The van der Waals surface area contributed by atoms with Crippen LogP contribution in [-0.2, 0) is 4.79 Å². The van der Waals surface area contributed by atoms with Gasteiger partial charge in [0.25, 0.3) is 0 Å². The second-order valence-corrected chi connectivity index (χ2v) is 5.65. The molecule has 0 heterocycles. The van der Waals surface area contributed by atoms with Crippen molar-refractivity contribution in [1.29, 1.82) is 0 Å². The minimum Gasteiger partial charge on any atom is -0.491 e. The minimum absolute atomic E-state index is 0.0883. The average molecular weight is 316 g/mol. The molecule has 0 spiro atoms. The maximum Gasteiger partial charge on any atom is 0.223 e. The molecular weight excluding hydrogens is 297 g/mol. The van der Waals surface area contributed by atoms with Crippen molar-refractivity contribution in [1.82, 2.24) is 5.32 Å². The molecule has 1 aromatic rings. The molecule has 1 amide bonds. The first-order chi connectivity index (χ1) is 10.0. The van der Waals surface area contributed by atoms with Crippen molar-refractivity contribution in [2.45, 2.75) is 44.2 Å². The van der Waals surface area contributed by atoms with Crippen LogP contribution in [-0.4, -0.2) is 29.8 Å². The Hall–Kier alpha value is -1.33. The van der Waals surface area contributed by atoms with Gasteiger partial charge < -0.3 is 15.2 Å². The zero-order valence-electron chi connectivity index (χ0n) is 11.6. The van der Waals surface area contributed by atoms with Gasteiger partial charge in [-0.1, -0.05) is 11.6 Å². The maximum atomic E-state index is 12.9. The van der Waals surface area contributed by atoms with Gasteiger partial charge in [0.1, 0.15) is 11.6 Å². The van der Waals surface area contributed by atoms with Gasteiger partial charge in [-0.3, -0.25) is 4.79 Å². The highest BCUT2D eigenvalue weighted by molar-refractivity contribution is 6.32. The number of aliphatic hydroxyl groups excluding tert-OH is 1. The van der Waals surface area contributed by atoms with Gasteiger partial charge in [0.05, 0.1) is 24.2 Å². The summed E-state index contributed by atoms with van der Waals surface area (Å²) in [6, 6.07) is 4.01. The van der Waals surface area contributed by atoms with Gasteiger partial charge in [0.15, 0.2) is 0 Å². The van der Waals surface area contributed by atoms with E-state index in [-0.39, 0.29) is 36.1 Å². The molecule has 21 heavy (non-hydrogen) atoms. The Morgan fingerprint density at radius 1 is 1.38 bits per heavy atom. The van der Waals surface area contributed by atoms with E-state index in [1.165, 1.54) is 18.2 Å². The number of hydrogen-bond donors (Lipinski definition) is 2. The fourth-order valence-electron chi connectivity index (χ4n) is 2.37. The Kier molecular flexibility index (Phi) is 5.82. The number of rotatable bonds is 5. The van der Waals surface area contributed by atoms with Gasteiger partial charge in [-0.15, -0.1) is 0 Å². The van der Waals surface area contributed by atoms with Crippen LogP contribution in [0.25, 0.3) is 0 Å². The normalized spacial score (nSPS) is 21.9. The molecular formula is C15H19ClFNO3. The lowest BCUT2D eigenvalue weighted by atomic mass is 9.93. The molecule has 1 aliphatic rings. The van der Waals surface area contributed by atoms with Gasteiger partial charge in [-0.25, -0.2) is 4.39 Å². The van der Waals surface area contributed by atoms with Crippen LogP contribution in [0.1, 0.15) is 32.1 Å². The summed E-state index contributed by atoms with van der Waals surface area (Å²) in [7, 11) is 0. The minimum atomic E-state index is -0.426.